The molecule has 0 aliphatic heterocycles. The highest BCUT2D eigenvalue weighted by Crippen LogP contribution is 2.32. The molecule has 33 heavy (non-hydrogen) atoms. The Hall–Kier alpha value is -4.07. The van der Waals surface area contributed by atoms with Crippen molar-refractivity contribution in [2.24, 2.45) is 7.05 Å². The van der Waals surface area contributed by atoms with Crippen molar-refractivity contribution < 1.29 is 8.78 Å². The topological polar surface area (TPSA) is 69.4 Å². The molecule has 5 rings (SSSR count). The Morgan fingerprint density at radius 1 is 0.818 bits per heavy atom. The molecule has 5 aromatic rings. The van der Waals surface area contributed by atoms with Gasteiger partial charge in [-0.2, -0.15) is 5.10 Å². The Bertz CT molecular complexity index is 1540. The highest BCUT2D eigenvalue weighted by molar-refractivity contribution is 5.89. The van der Waals surface area contributed by atoms with Crippen LogP contribution in [0.15, 0.2) is 48.8 Å². The van der Waals surface area contributed by atoms with Crippen molar-refractivity contribution in [3.63, 3.8) is 0 Å². The van der Waals surface area contributed by atoms with Crippen molar-refractivity contribution in [3.8, 4) is 33.8 Å². The third-order valence-electron chi connectivity index (χ3n) is 5.68. The minimum Gasteiger partial charge on any atom is -0.275 e. The van der Waals surface area contributed by atoms with Crippen LogP contribution in [0, 0.1) is 32.4 Å². The molecule has 0 amide bonds. The van der Waals surface area contributed by atoms with Gasteiger partial charge in [-0.05, 0) is 44.5 Å². The zero-order chi connectivity index (χ0) is 23.3. The van der Waals surface area contributed by atoms with Gasteiger partial charge in [-0.1, -0.05) is 18.2 Å². The first-order valence-electron chi connectivity index (χ1n) is 10.4. The summed E-state index contributed by atoms with van der Waals surface area (Å²) in [4.78, 5) is 18.5. The summed E-state index contributed by atoms with van der Waals surface area (Å²) in [5.41, 5.74) is 5.13. The van der Waals surface area contributed by atoms with Gasteiger partial charge in [-0.15, -0.1) is 0 Å². The SMILES string of the molecule is Cc1nc2nc(-c3cccc(-c4cnn(C)c4)c3)nc(-c3ccc(F)c(C)c3F)c2nc1C. The molecule has 0 saturated heterocycles. The van der Waals surface area contributed by atoms with Gasteiger partial charge in [0.15, 0.2) is 11.5 Å². The molecule has 0 aliphatic carbocycles. The lowest BCUT2D eigenvalue weighted by Gasteiger charge is -2.12. The van der Waals surface area contributed by atoms with Crippen LogP contribution in [0.5, 0.6) is 0 Å². The number of aromatic nitrogens is 6. The molecular formula is C25H20F2N6. The van der Waals surface area contributed by atoms with E-state index in [0.29, 0.717) is 22.7 Å². The fourth-order valence-electron chi connectivity index (χ4n) is 3.68. The Labute approximate surface area is 189 Å². The molecule has 0 bridgehead atoms. The van der Waals surface area contributed by atoms with Crippen molar-refractivity contribution in [1.82, 2.24) is 29.7 Å². The van der Waals surface area contributed by atoms with Crippen molar-refractivity contribution in [2.75, 3.05) is 0 Å². The van der Waals surface area contributed by atoms with Crippen molar-refractivity contribution in [2.45, 2.75) is 20.8 Å². The van der Waals surface area contributed by atoms with Gasteiger partial charge in [0.05, 0.1) is 17.6 Å². The molecule has 6 nitrogen and oxygen atoms in total. The average Bonchev–Trinajstić information content (AvgIpc) is 3.24. The van der Waals surface area contributed by atoms with E-state index in [9.17, 15) is 4.39 Å². The summed E-state index contributed by atoms with van der Waals surface area (Å²) in [6, 6.07) is 10.3. The lowest BCUT2D eigenvalue weighted by atomic mass is 10.0. The van der Waals surface area contributed by atoms with E-state index in [0.717, 1.165) is 22.4 Å². The van der Waals surface area contributed by atoms with Crippen LogP contribution in [-0.4, -0.2) is 29.7 Å². The van der Waals surface area contributed by atoms with Crippen LogP contribution in [0.2, 0.25) is 0 Å². The summed E-state index contributed by atoms with van der Waals surface area (Å²) >= 11 is 0. The zero-order valence-electron chi connectivity index (χ0n) is 18.6. The standard InChI is InChI=1S/C25H20F2N6/c1-13-20(26)9-8-19(21(13)27)22-23-25(30-15(3)14(2)29-23)32-24(31-22)17-7-5-6-16(10-17)18-11-28-33(4)12-18/h5-12H,1-4H3. The average molecular weight is 442 g/mol. The molecule has 3 heterocycles. The molecule has 3 aromatic heterocycles. The maximum Gasteiger partial charge on any atom is 0.182 e. The largest absolute Gasteiger partial charge is 0.275 e. The minimum absolute atomic E-state index is 0.0730. The molecule has 2 aromatic carbocycles. The molecule has 0 spiro atoms. The second-order valence-electron chi connectivity index (χ2n) is 7.98. The van der Waals surface area contributed by atoms with Gasteiger partial charge < -0.3 is 0 Å². The van der Waals surface area contributed by atoms with E-state index < -0.39 is 11.6 Å². The number of fused-ring (bicyclic) bond motifs is 1. The Morgan fingerprint density at radius 2 is 1.58 bits per heavy atom. The third kappa shape index (κ3) is 3.63. The summed E-state index contributed by atoms with van der Waals surface area (Å²) in [5.74, 6) is -0.913. The maximum atomic E-state index is 15.1. The number of halogens is 2. The predicted molar refractivity (Wildman–Crippen MR) is 122 cm³/mol. The minimum atomic E-state index is -0.676. The fraction of sp³-hybridized carbons (Fsp3) is 0.160. The first kappa shape index (κ1) is 20.8. The summed E-state index contributed by atoms with van der Waals surface area (Å²) < 4.78 is 30.8. The van der Waals surface area contributed by atoms with Crippen LogP contribution in [0.25, 0.3) is 44.9 Å². The van der Waals surface area contributed by atoms with Crippen LogP contribution in [0.3, 0.4) is 0 Å². The summed E-state index contributed by atoms with van der Waals surface area (Å²) in [6.45, 7) is 5.06. The van der Waals surface area contributed by atoms with Crippen molar-refractivity contribution in [3.05, 3.63) is 77.4 Å². The molecule has 8 heteroatoms. The van der Waals surface area contributed by atoms with Gasteiger partial charge >= 0.3 is 0 Å². The lowest BCUT2D eigenvalue weighted by molar-refractivity contribution is 0.570. The molecule has 0 radical (unpaired) electrons. The van der Waals surface area contributed by atoms with E-state index in [1.54, 1.807) is 10.9 Å². The first-order valence-corrected chi connectivity index (χ1v) is 10.4. The molecular weight excluding hydrogens is 422 g/mol. The van der Waals surface area contributed by atoms with Crippen molar-refractivity contribution >= 4 is 11.2 Å². The molecule has 0 aliphatic rings. The molecule has 0 N–H and O–H groups in total. The van der Waals surface area contributed by atoms with E-state index in [4.69, 9.17) is 0 Å². The predicted octanol–water partition coefficient (Wildman–Crippen LogP) is 5.36. The Balaban J connectivity index is 1.77. The van der Waals surface area contributed by atoms with Gasteiger partial charge in [0.25, 0.3) is 0 Å². The Kier molecular flexibility index (Phi) is 4.92. The summed E-state index contributed by atoms with van der Waals surface area (Å²) in [6.07, 6.45) is 3.69. The van der Waals surface area contributed by atoms with Crippen LogP contribution in [-0.2, 0) is 7.05 Å². The molecule has 0 fully saturated rings. The number of rotatable bonds is 3. The van der Waals surface area contributed by atoms with Gasteiger partial charge in [0.2, 0.25) is 0 Å². The monoisotopic (exact) mass is 442 g/mol. The number of aryl methyl sites for hydroxylation is 3. The fourth-order valence-corrected chi connectivity index (χ4v) is 3.68. The second-order valence-corrected chi connectivity index (χ2v) is 7.98. The number of hydrogen-bond donors (Lipinski definition) is 0. The Morgan fingerprint density at radius 3 is 2.33 bits per heavy atom. The van der Waals surface area contributed by atoms with Crippen LogP contribution in [0.1, 0.15) is 17.0 Å². The summed E-state index contributed by atoms with van der Waals surface area (Å²) in [5, 5.41) is 4.23. The van der Waals surface area contributed by atoms with Crippen LogP contribution < -0.4 is 0 Å². The van der Waals surface area contributed by atoms with Gasteiger partial charge in [0, 0.05) is 35.5 Å². The van der Waals surface area contributed by atoms with E-state index in [1.165, 1.54) is 19.1 Å². The van der Waals surface area contributed by atoms with Gasteiger partial charge in [-0.25, -0.2) is 28.7 Å². The zero-order valence-corrected chi connectivity index (χ0v) is 18.6. The summed E-state index contributed by atoms with van der Waals surface area (Å²) in [7, 11) is 1.86. The maximum absolute atomic E-state index is 15.1. The quantitative estimate of drug-likeness (QED) is 0.376. The van der Waals surface area contributed by atoms with E-state index in [-0.39, 0.29) is 16.8 Å². The molecule has 0 saturated carbocycles. The van der Waals surface area contributed by atoms with E-state index >= 15 is 4.39 Å². The van der Waals surface area contributed by atoms with Gasteiger partial charge in [-0.3, -0.25) is 4.68 Å². The normalized spacial score (nSPS) is 11.3. The first-order chi connectivity index (χ1) is 15.8. The highest BCUT2D eigenvalue weighted by Gasteiger charge is 2.20. The highest BCUT2D eigenvalue weighted by atomic mass is 19.1. The van der Waals surface area contributed by atoms with Gasteiger partial charge in [0.1, 0.15) is 22.8 Å². The molecule has 0 unspecified atom stereocenters. The third-order valence-corrected chi connectivity index (χ3v) is 5.68. The lowest BCUT2D eigenvalue weighted by Crippen LogP contribution is -2.03. The van der Waals surface area contributed by atoms with Crippen LogP contribution in [0.4, 0.5) is 8.78 Å². The van der Waals surface area contributed by atoms with Crippen molar-refractivity contribution in [1.29, 1.82) is 0 Å². The molecule has 0 atom stereocenters. The van der Waals surface area contributed by atoms with E-state index in [2.05, 4.69) is 25.0 Å². The van der Waals surface area contributed by atoms with E-state index in [1.807, 2.05) is 51.4 Å². The number of nitrogens with zero attached hydrogens (tertiary/aromatic N) is 6. The molecule has 164 valence electrons. The number of benzene rings is 2. The smallest absolute Gasteiger partial charge is 0.182 e. The van der Waals surface area contributed by atoms with Crippen LogP contribution >= 0.6 is 0 Å². The second kappa shape index (κ2) is 7.81. The number of hydrogen-bond acceptors (Lipinski definition) is 5.